The van der Waals surface area contributed by atoms with Crippen molar-refractivity contribution in [3.05, 3.63) is 18.2 Å². The Morgan fingerprint density at radius 1 is 1.30 bits per heavy atom. The van der Waals surface area contributed by atoms with E-state index in [0.29, 0.717) is 32.2 Å². The normalized spacial score (nSPS) is 30.0. The fraction of sp³-hybridized carbons (Fsp3) is 0.688. The van der Waals surface area contributed by atoms with E-state index in [4.69, 9.17) is 4.84 Å². The van der Waals surface area contributed by atoms with Crippen molar-refractivity contribution in [1.29, 1.82) is 0 Å². The summed E-state index contributed by atoms with van der Waals surface area (Å²) in [6, 6.07) is -0.433. The van der Waals surface area contributed by atoms with Crippen molar-refractivity contribution in [1.82, 2.24) is 19.5 Å². The van der Waals surface area contributed by atoms with Gasteiger partial charge in [0.15, 0.2) is 0 Å². The minimum atomic E-state index is -0.433. The number of hydrogen-bond acceptors (Lipinski definition) is 4. The Hall–Kier alpha value is -1.89. The Balaban J connectivity index is 1.55. The van der Waals surface area contributed by atoms with E-state index in [1.54, 1.807) is 12.5 Å². The van der Waals surface area contributed by atoms with E-state index in [2.05, 4.69) is 11.9 Å². The molecule has 2 fully saturated rings. The molecule has 1 aromatic heterocycles. The van der Waals surface area contributed by atoms with Gasteiger partial charge >= 0.3 is 0 Å². The molecule has 4 rings (SSSR count). The van der Waals surface area contributed by atoms with Crippen LogP contribution in [0.2, 0.25) is 0 Å². The minimum absolute atomic E-state index is 0.0784. The summed E-state index contributed by atoms with van der Waals surface area (Å²) >= 11 is 0. The number of nitrogens with zero attached hydrogens (tertiary/aromatic N) is 4. The van der Waals surface area contributed by atoms with Gasteiger partial charge in [-0.25, -0.2) is 10.0 Å². The van der Waals surface area contributed by atoms with E-state index in [1.165, 1.54) is 5.06 Å². The highest BCUT2D eigenvalue weighted by Gasteiger charge is 2.44. The van der Waals surface area contributed by atoms with Crippen LogP contribution in [0.25, 0.3) is 0 Å². The first kappa shape index (κ1) is 14.7. The maximum Gasteiger partial charge on any atom is 0.271 e. The van der Waals surface area contributed by atoms with Crippen molar-refractivity contribution in [2.24, 2.45) is 11.8 Å². The summed E-state index contributed by atoms with van der Waals surface area (Å²) < 4.78 is 1.89. The van der Waals surface area contributed by atoms with Crippen LogP contribution in [0.3, 0.4) is 0 Å². The fourth-order valence-corrected chi connectivity index (χ4v) is 3.49. The van der Waals surface area contributed by atoms with Crippen LogP contribution in [0.15, 0.2) is 12.5 Å². The maximum atomic E-state index is 12.8. The molecule has 124 valence electrons. The number of hydrogen-bond donors (Lipinski definition) is 0. The van der Waals surface area contributed by atoms with Gasteiger partial charge in [0.25, 0.3) is 5.91 Å². The van der Waals surface area contributed by atoms with Crippen LogP contribution in [0.1, 0.15) is 37.9 Å². The topological polar surface area (TPSA) is 67.7 Å². The van der Waals surface area contributed by atoms with Crippen LogP contribution >= 0.6 is 0 Å². The molecule has 0 unspecified atom stereocenters. The molecular weight excluding hydrogens is 296 g/mol. The second-order valence-corrected chi connectivity index (χ2v) is 6.83. The molecular formula is C16H22N4O3. The molecule has 23 heavy (non-hydrogen) atoms. The molecule has 3 atom stereocenters. The molecule has 1 aromatic rings. The van der Waals surface area contributed by atoms with Crippen molar-refractivity contribution in [2.45, 2.75) is 38.8 Å². The summed E-state index contributed by atoms with van der Waals surface area (Å²) in [5.74, 6) is 0.688. The lowest BCUT2D eigenvalue weighted by Gasteiger charge is -2.37. The van der Waals surface area contributed by atoms with Crippen molar-refractivity contribution >= 4 is 11.8 Å². The third-order valence-electron chi connectivity index (χ3n) is 5.10. The van der Waals surface area contributed by atoms with Crippen LogP contribution in [-0.4, -0.2) is 51.0 Å². The number of fused-ring (bicyclic) bond motifs is 1. The molecule has 2 aliphatic heterocycles. The zero-order valence-corrected chi connectivity index (χ0v) is 13.4. The van der Waals surface area contributed by atoms with Gasteiger partial charge in [0.05, 0.1) is 31.7 Å². The Kier molecular flexibility index (Phi) is 3.60. The monoisotopic (exact) mass is 318 g/mol. The first-order chi connectivity index (χ1) is 11.1. The third-order valence-corrected chi connectivity index (χ3v) is 5.10. The number of carbonyl (C=O) groups is 2. The lowest BCUT2D eigenvalue weighted by molar-refractivity contribution is -0.201. The SMILES string of the molecule is C[C@@H]1C[C@@H]1C(=O)N1Cc2cncn2[C@H](C(=O)N2CCCCO2)C1. The third kappa shape index (κ3) is 2.63. The average molecular weight is 318 g/mol. The molecule has 1 saturated carbocycles. The second-order valence-electron chi connectivity index (χ2n) is 6.83. The Morgan fingerprint density at radius 3 is 2.83 bits per heavy atom. The molecule has 0 N–H and O–H groups in total. The highest BCUT2D eigenvalue weighted by atomic mass is 16.7. The highest BCUT2D eigenvalue weighted by molar-refractivity contribution is 5.84. The van der Waals surface area contributed by atoms with Crippen LogP contribution in [0.4, 0.5) is 0 Å². The lowest BCUT2D eigenvalue weighted by atomic mass is 10.1. The molecule has 0 spiro atoms. The summed E-state index contributed by atoms with van der Waals surface area (Å²) in [6.07, 6.45) is 6.32. The number of carbonyl (C=O) groups excluding carboxylic acids is 2. The van der Waals surface area contributed by atoms with E-state index < -0.39 is 6.04 Å². The molecule has 3 heterocycles. The van der Waals surface area contributed by atoms with Gasteiger partial charge in [0.1, 0.15) is 6.04 Å². The van der Waals surface area contributed by atoms with Gasteiger partial charge in [-0.2, -0.15) is 0 Å². The molecule has 1 aliphatic carbocycles. The molecule has 7 nitrogen and oxygen atoms in total. The van der Waals surface area contributed by atoms with Gasteiger partial charge in [-0.3, -0.25) is 14.4 Å². The van der Waals surface area contributed by atoms with E-state index >= 15 is 0 Å². The molecule has 0 aromatic carbocycles. The average Bonchev–Trinajstić information content (AvgIpc) is 3.12. The largest absolute Gasteiger partial charge is 0.334 e. The second kappa shape index (κ2) is 5.63. The Morgan fingerprint density at radius 2 is 2.13 bits per heavy atom. The van der Waals surface area contributed by atoms with Crippen molar-refractivity contribution < 1.29 is 14.4 Å². The van der Waals surface area contributed by atoms with Crippen molar-refractivity contribution in [3.8, 4) is 0 Å². The molecule has 2 amide bonds. The van der Waals surface area contributed by atoms with Crippen LogP contribution in [-0.2, 0) is 21.0 Å². The zero-order valence-electron chi connectivity index (χ0n) is 13.4. The fourth-order valence-electron chi connectivity index (χ4n) is 3.49. The van der Waals surface area contributed by atoms with Gasteiger partial charge < -0.3 is 9.47 Å². The van der Waals surface area contributed by atoms with E-state index in [9.17, 15) is 9.59 Å². The predicted octanol–water partition coefficient (Wildman–Crippen LogP) is 0.976. The van der Waals surface area contributed by atoms with Crippen LogP contribution < -0.4 is 0 Å². The number of amides is 2. The van der Waals surface area contributed by atoms with Crippen LogP contribution in [0, 0.1) is 11.8 Å². The summed E-state index contributed by atoms with van der Waals surface area (Å²) in [5, 5.41) is 1.46. The van der Waals surface area contributed by atoms with Gasteiger partial charge in [-0.15, -0.1) is 0 Å². The molecule has 0 bridgehead atoms. The van der Waals surface area contributed by atoms with Gasteiger partial charge in [-0.1, -0.05) is 6.92 Å². The number of hydroxylamine groups is 2. The number of rotatable bonds is 2. The van der Waals surface area contributed by atoms with E-state index in [-0.39, 0.29) is 17.7 Å². The molecule has 7 heteroatoms. The summed E-state index contributed by atoms with van der Waals surface area (Å²) in [5.41, 5.74) is 0.910. The Bertz CT molecular complexity index is 623. The minimum Gasteiger partial charge on any atom is -0.334 e. The quantitative estimate of drug-likeness (QED) is 0.815. The summed E-state index contributed by atoms with van der Waals surface area (Å²) in [4.78, 5) is 36.9. The molecule has 1 saturated heterocycles. The van der Waals surface area contributed by atoms with Crippen LogP contribution in [0.5, 0.6) is 0 Å². The summed E-state index contributed by atoms with van der Waals surface area (Å²) in [7, 11) is 0. The smallest absolute Gasteiger partial charge is 0.271 e. The van der Waals surface area contributed by atoms with Crippen molar-refractivity contribution in [2.75, 3.05) is 19.7 Å². The number of imidazole rings is 1. The summed E-state index contributed by atoms with van der Waals surface area (Å²) in [6.45, 7) is 4.24. The zero-order chi connectivity index (χ0) is 16.0. The first-order valence-corrected chi connectivity index (χ1v) is 8.39. The number of aromatic nitrogens is 2. The van der Waals surface area contributed by atoms with E-state index in [1.807, 2.05) is 9.47 Å². The van der Waals surface area contributed by atoms with Gasteiger partial charge in [0.2, 0.25) is 5.91 Å². The van der Waals surface area contributed by atoms with Crippen molar-refractivity contribution in [3.63, 3.8) is 0 Å². The molecule has 0 radical (unpaired) electrons. The maximum absolute atomic E-state index is 12.8. The lowest BCUT2D eigenvalue weighted by Crippen LogP contribution is -2.49. The Labute approximate surface area is 135 Å². The van der Waals surface area contributed by atoms with Gasteiger partial charge in [-0.05, 0) is 25.2 Å². The van der Waals surface area contributed by atoms with E-state index in [0.717, 1.165) is 25.0 Å². The first-order valence-electron chi connectivity index (χ1n) is 8.39. The predicted molar refractivity (Wildman–Crippen MR) is 80.9 cm³/mol. The molecule has 3 aliphatic rings. The standard InChI is InChI=1S/C16H22N4O3/c1-11-6-13(11)15(21)18-8-12-7-17-10-19(12)14(9-18)16(22)20-4-2-3-5-23-20/h7,10-11,13-14H,2-6,8-9H2,1H3/t11-,13+,14+/m1/s1. The van der Waals surface area contributed by atoms with Gasteiger partial charge in [0, 0.05) is 18.7 Å². The highest BCUT2D eigenvalue weighted by Crippen LogP contribution is 2.40.